The first-order valence-corrected chi connectivity index (χ1v) is 12.7. The van der Waals surface area contributed by atoms with Crippen LogP contribution in [0.4, 0.5) is 0 Å². The molecule has 1 heterocycles. The van der Waals surface area contributed by atoms with Gasteiger partial charge in [0.2, 0.25) is 0 Å². The van der Waals surface area contributed by atoms with E-state index in [2.05, 4.69) is 9.88 Å². The van der Waals surface area contributed by atoms with E-state index >= 15 is 0 Å². The fraction of sp³-hybridized carbons (Fsp3) is 0.250. The summed E-state index contributed by atoms with van der Waals surface area (Å²) in [6.45, 7) is 0.267. The van der Waals surface area contributed by atoms with Gasteiger partial charge in [0.25, 0.3) is 5.91 Å². The molecule has 184 valence electrons. The van der Waals surface area contributed by atoms with Crippen molar-refractivity contribution in [2.75, 3.05) is 0 Å². The number of fused-ring (bicyclic) bond motifs is 1. The summed E-state index contributed by atoms with van der Waals surface area (Å²) in [6, 6.07) is 17.9. The van der Waals surface area contributed by atoms with E-state index in [4.69, 9.17) is 28.2 Å². The summed E-state index contributed by atoms with van der Waals surface area (Å²) in [4.78, 5) is 29.1. The van der Waals surface area contributed by atoms with Crippen LogP contribution < -0.4 is 5.32 Å². The Hall–Kier alpha value is -3.35. The number of carboxylic acid groups (broad SMARTS) is 1. The average molecular weight is 522 g/mol. The molecule has 1 amide bonds. The van der Waals surface area contributed by atoms with Crippen LogP contribution in [0.25, 0.3) is 22.4 Å². The number of hydrogen-bond acceptors (Lipinski definition) is 3. The second kappa shape index (κ2) is 10.3. The van der Waals surface area contributed by atoms with Crippen LogP contribution in [-0.4, -0.2) is 26.5 Å². The van der Waals surface area contributed by atoms with Gasteiger partial charge in [0.05, 0.1) is 16.6 Å². The monoisotopic (exact) mass is 521 g/mol. The normalized spacial score (nSPS) is 14.2. The highest BCUT2D eigenvalue weighted by molar-refractivity contribution is 6.33. The summed E-state index contributed by atoms with van der Waals surface area (Å²) in [7, 11) is 0. The smallest absolute Gasteiger partial charge is 0.335 e. The third-order valence-electron chi connectivity index (χ3n) is 6.73. The minimum atomic E-state index is -0.972. The van der Waals surface area contributed by atoms with Gasteiger partial charge in [0, 0.05) is 33.8 Å². The molecule has 5 rings (SSSR count). The Balaban J connectivity index is 1.43. The molecule has 36 heavy (non-hydrogen) atoms. The van der Waals surface area contributed by atoms with Gasteiger partial charge in [-0.3, -0.25) is 4.79 Å². The Morgan fingerprint density at radius 2 is 1.67 bits per heavy atom. The summed E-state index contributed by atoms with van der Waals surface area (Å²) in [6.07, 6.45) is 5.67. The van der Waals surface area contributed by atoms with Crippen molar-refractivity contribution in [3.63, 3.8) is 0 Å². The lowest BCUT2D eigenvalue weighted by Crippen LogP contribution is -2.22. The van der Waals surface area contributed by atoms with Gasteiger partial charge >= 0.3 is 5.97 Å². The second-order valence-electron chi connectivity index (χ2n) is 9.10. The molecule has 6 nitrogen and oxygen atoms in total. The molecule has 4 aromatic rings. The number of amides is 1. The maximum atomic E-state index is 12.8. The third-order valence-corrected chi connectivity index (χ3v) is 7.33. The van der Waals surface area contributed by atoms with Crippen LogP contribution in [0.15, 0.2) is 60.7 Å². The first-order chi connectivity index (χ1) is 17.4. The van der Waals surface area contributed by atoms with Crippen molar-refractivity contribution in [3.05, 3.63) is 87.4 Å². The highest BCUT2D eigenvalue weighted by atomic mass is 35.5. The number of nitrogens with one attached hydrogen (secondary N) is 1. The molecule has 0 bridgehead atoms. The lowest BCUT2D eigenvalue weighted by molar-refractivity contribution is 0.0696. The standard InChI is InChI=1S/C28H25Cl2N3O3/c29-21-11-12-23(30)20(14-21)16-31-27(34)18-8-6-17(7-9-18)26-32-24-15-19(28(35)36)10-13-25(24)33(26)22-4-2-1-3-5-22/h6-15,22H,1-5,16H2,(H,31,34)(H,35,36). The molecule has 1 aromatic heterocycles. The van der Waals surface area contributed by atoms with Gasteiger partial charge in [-0.25, -0.2) is 9.78 Å². The van der Waals surface area contributed by atoms with Crippen molar-refractivity contribution < 1.29 is 14.7 Å². The van der Waals surface area contributed by atoms with Gasteiger partial charge in [0.15, 0.2) is 0 Å². The Morgan fingerprint density at radius 3 is 2.39 bits per heavy atom. The molecule has 0 saturated heterocycles. The molecule has 0 radical (unpaired) electrons. The maximum absolute atomic E-state index is 12.8. The fourth-order valence-corrected chi connectivity index (χ4v) is 5.25. The Labute approximate surface area is 218 Å². The van der Waals surface area contributed by atoms with Gasteiger partial charge < -0.3 is 15.0 Å². The van der Waals surface area contributed by atoms with Crippen molar-refractivity contribution >= 4 is 46.1 Å². The number of hydrogen-bond donors (Lipinski definition) is 2. The van der Waals surface area contributed by atoms with Crippen LogP contribution in [0.1, 0.15) is 64.4 Å². The number of benzene rings is 3. The Morgan fingerprint density at radius 1 is 0.944 bits per heavy atom. The predicted octanol–water partition coefficient (Wildman–Crippen LogP) is 7.14. The first kappa shape index (κ1) is 24.3. The molecule has 0 unspecified atom stereocenters. The number of imidazole rings is 1. The third kappa shape index (κ3) is 4.97. The molecule has 0 aliphatic heterocycles. The molecule has 8 heteroatoms. The highest BCUT2D eigenvalue weighted by Gasteiger charge is 2.23. The van der Waals surface area contributed by atoms with E-state index in [0.29, 0.717) is 27.2 Å². The lowest BCUT2D eigenvalue weighted by Gasteiger charge is -2.25. The lowest BCUT2D eigenvalue weighted by atomic mass is 9.94. The van der Waals surface area contributed by atoms with E-state index < -0.39 is 5.97 Å². The van der Waals surface area contributed by atoms with Gasteiger partial charge in [-0.2, -0.15) is 0 Å². The van der Waals surface area contributed by atoms with Crippen LogP contribution in [-0.2, 0) is 6.54 Å². The Bertz CT molecular complexity index is 1440. The number of carbonyl (C=O) groups excluding carboxylic acids is 1. The molecule has 0 atom stereocenters. The van der Waals surface area contributed by atoms with E-state index in [1.54, 1.807) is 42.5 Å². The number of rotatable bonds is 6. The van der Waals surface area contributed by atoms with E-state index in [1.807, 2.05) is 18.2 Å². The van der Waals surface area contributed by atoms with E-state index in [-0.39, 0.29) is 18.0 Å². The SMILES string of the molecule is O=C(O)c1ccc2c(c1)nc(-c1ccc(C(=O)NCc3cc(Cl)ccc3Cl)cc1)n2C1CCCCC1. The van der Waals surface area contributed by atoms with Crippen molar-refractivity contribution in [2.45, 2.75) is 44.7 Å². The summed E-state index contributed by atoms with van der Waals surface area (Å²) in [5.74, 6) is -0.401. The zero-order chi connectivity index (χ0) is 25.2. The number of aromatic carboxylic acids is 1. The summed E-state index contributed by atoms with van der Waals surface area (Å²) < 4.78 is 2.25. The molecule has 1 saturated carbocycles. The number of carboxylic acids is 1. The zero-order valence-electron chi connectivity index (χ0n) is 19.5. The van der Waals surface area contributed by atoms with Crippen molar-refractivity contribution in [2.24, 2.45) is 0 Å². The number of halogens is 2. The van der Waals surface area contributed by atoms with Gasteiger partial charge in [-0.15, -0.1) is 0 Å². The molecular weight excluding hydrogens is 497 g/mol. The fourth-order valence-electron chi connectivity index (χ4n) is 4.87. The highest BCUT2D eigenvalue weighted by Crippen LogP contribution is 2.36. The number of nitrogens with zero attached hydrogens (tertiary/aromatic N) is 2. The molecule has 1 aliphatic carbocycles. The largest absolute Gasteiger partial charge is 0.478 e. The molecule has 1 aliphatic rings. The first-order valence-electron chi connectivity index (χ1n) is 12.0. The van der Waals surface area contributed by atoms with Crippen LogP contribution in [0.2, 0.25) is 10.0 Å². The zero-order valence-corrected chi connectivity index (χ0v) is 21.0. The second-order valence-corrected chi connectivity index (χ2v) is 9.95. The maximum Gasteiger partial charge on any atom is 0.335 e. The van der Waals surface area contributed by atoms with E-state index in [9.17, 15) is 14.7 Å². The van der Waals surface area contributed by atoms with Gasteiger partial charge in [-0.05, 0) is 66.9 Å². The summed E-state index contributed by atoms with van der Waals surface area (Å²) in [5, 5.41) is 13.4. The number of aromatic nitrogens is 2. The quantitative estimate of drug-likeness (QED) is 0.282. The topological polar surface area (TPSA) is 84.2 Å². The van der Waals surface area contributed by atoms with E-state index in [1.165, 1.54) is 6.42 Å². The molecule has 1 fully saturated rings. The predicted molar refractivity (Wildman–Crippen MR) is 142 cm³/mol. The van der Waals surface area contributed by atoms with Crippen LogP contribution >= 0.6 is 23.2 Å². The van der Waals surface area contributed by atoms with Crippen molar-refractivity contribution in [1.29, 1.82) is 0 Å². The molecule has 2 N–H and O–H groups in total. The minimum absolute atomic E-state index is 0.217. The van der Waals surface area contributed by atoms with Crippen LogP contribution in [0.5, 0.6) is 0 Å². The van der Waals surface area contributed by atoms with Gasteiger partial charge in [-0.1, -0.05) is 54.6 Å². The van der Waals surface area contributed by atoms with Crippen molar-refractivity contribution in [3.8, 4) is 11.4 Å². The summed E-state index contributed by atoms with van der Waals surface area (Å²) >= 11 is 12.2. The van der Waals surface area contributed by atoms with Crippen LogP contribution in [0, 0.1) is 0 Å². The number of carbonyl (C=O) groups is 2. The average Bonchev–Trinajstić information content (AvgIpc) is 3.28. The minimum Gasteiger partial charge on any atom is -0.478 e. The molecular formula is C28H25Cl2N3O3. The van der Waals surface area contributed by atoms with Gasteiger partial charge in [0.1, 0.15) is 5.82 Å². The summed E-state index contributed by atoms with van der Waals surface area (Å²) in [5.41, 5.74) is 3.96. The van der Waals surface area contributed by atoms with Crippen LogP contribution in [0.3, 0.4) is 0 Å². The van der Waals surface area contributed by atoms with Crippen molar-refractivity contribution in [1.82, 2.24) is 14.9 Å². The molecule has 3 aromatic carbocycles. The molecule has 0 spiro atoms. The van der Waals surface area contributed by atoms with E-state index in [0.717, 1.165) is 48.2 Å². The Kier molecular flexibility index (Phi) is 6.99.